The molecule has 3 rings (SSSR count). The lowest BCUT2D eigenvalue weighted by Crippen LogP contribution is -2.45. The third-order valence-electron chi connectivity index (χ3n) is 5.56. The van der Waals surface area contributed by atoms with E-state index in [0.29, 0.717) is 12.0 Å². The van der Waals surface area contributed by atoms with Crippen LogP contribution in [-0.2, 0) is 10.3 Å². The maximum atomic E-state index is 7.00. The molecule has 0 unspecified atom stereocenters. The van der Waals surface area contributed by atoms with E-state index in [1.807, 2.05) is 0 Å². The van der Waals surface area contributed by atoms with Crippen LogP contribution in [0, 0.1) is 5.92 Å². The minimum Gasteiger partial charge on any atom is -0.346 e. The third-order valence-corrected chi connectivity index (χ3v) is 5.56. The van der Waals surface area contributed by atoms with E-state index in [0.717, 1.165) is 25.8 Å². The van der Waals surface area contributed by atoms with Crippen LogP contribution in [0.1, 0.15) is 58.1 Å². The molecule has 26 heavy (non-hydrogen) atoms. The molecule has 2 atom stereocenters. The molecule has 1 heterocycles. The minimum absolute atomic E-state index is 0.175. The van der Waals surface area contributed by atoms with Gasteiger partial charge in [0.1, 0.15) is 11.8 Å². The topological polar surface area (TPSA) is 12.5 Å². The first kappa shape index (κ1) is 19.1. The summed E-state index contributed by atoms with van der Waals surface area (Å²) in [5, 5.41) is 0. The van der Waals surface area contributed by atoms with Gasteiger partial charge in [0.15, 0.2) is 0 Å². The molecule has 0 saturated carbocycles. The summed E-state index contributed by atoms with van der Waals surface area (Å²) >= 11 is 0. The van der Waals surface area contributed by atoms with Crippen molar-refractivity contribution in [2.75, 3.05) is 6.54 Å². The zero-order valence-electron chi connectivity index (χ0n) is 16.7. The van der Waals surface area contributed by atoms with E-state index in [4.69, 9.17) is 4.74 Å². The number of likely N-dealkylation sites (N-methyl/N-ethyl adjacent to an activating group) is 1. The Morgan fingerprint density at radius 1 is 0.923 bits per heavy atom. The van der Waals surface area contributed by atoms with Crippen LogP contribution < -0.4 is 0 Å². The number of hydrogen-bond acceptors (Lipinski definition) is 2. The number of hydrogen-bond donors (Lipinski definition) is 0. The van der Waals surface area contributed by atoms with Gasteiger partial charge in [0.25, 0.3) is 0 Å². The van der Waals surface area contributed by atoms with Gasteiger partial charge in [-0.25, -0.2) is 0 Å². The quantitative estimate of drug-likeness (QED) is 0.623. The molecule has 0 radical (unpaired) electrons. The Morgan fingerprint density at radius 2 is 1.46 bits per heavy atom. The van der Waals surface area contributed by atoms with Gasteiger partial charge in [-0.2, -0.15) is 0 Å². The van der Waals surface area contributed by atoms with E-state index >= 15 is 0 Å². The van der Waals surface area contributed by atoms with Crippen LogP contribution >= 0.6 is 0 Å². The van der Waals surface area contributed by atoms with Gasteiger partial charge in [-0.3, -0.25) is 4.90 Å². The molecule has 0 amide bonds. The van der Waals surface area contributed by atoms with Crippen LogP contribution in [0.3, 0.4) is 0 Å². The highest BCUT2D eigenvalue weighted by Gasteiger charge is 2.54. The number of ether oxygens (including phenoxy) is 1. The summed E-state index contributed by atoms with van der Waals surface area (Å²) in [6.45, 7) is 10.2. The fourth-order valence-electron chi connectivity index (χ4n) is 4.50. The molecule has 0 N–H and O–H groups in total. The molecule has 0 aromatic heterocycles. The maximum absolute atomic E-state index is 7.00. The molecular formula is C24H33NO. The highest BCUT2D eigenvalue weighted by molar-refractivity contribution is 5.40. The van der Waals surface area contributed by atoms with Gasteiger partial charge in [-0.15, -0.1) is 0 Å². The van der Waals surface area contributed by atoms with Crippen molar-refractivity contribution in [3.8, 4) is 0 Å². The molecule has 1 fully saturated rings. The van der Waals surface area contributed by atoms with Crippen molar-refractivity contribution >= 4 is 0 Å². The van der Waals surface area contributed by atoms with Crippen LogP contribution in [0.5, 0.6) is 0 Å². The average Bonchev–Trinajstić information content (AvgIpc) is 2.97. The standard InChI is InChI=1S/C24H33NO/c1-5-13-23-25(6-2)22(18-19(3)4)24(26-23,20-14-9-7-10-15-20)21-16-11-8-12-17-21/h7-12,14-17,19,22-23H,5-6,13,18H2,1-4H3/t22-,23+/m0/s1. The lowest BCUT2D eigenvalue weighted by atomic mass is 9.77. The van der Waals surface area contributed by atoms with Crippen molar-refractivity contribution in [3.05, 3.63) is 71.8 Å². The minimum atomic E-state index is -0.400. The first-order chi connectivity index (χ1) is 12.6. The van der Waals surface area contributed by atoms with E-state index in [9.17, 15) is 0 Å². The predicted molar refractivity (Wildman–Crippen MR) is 109 cm³/mol. The summed E-state index contributed by atoms with van der Waals surface area (Å²) in [6.07, 6.45) is 3.51. The van der Waals surface area contributed by atoms with E-state index in [1.54, 1.807) is 0 Å². The van der Waals surface area contributed by atoms with Gasteiger partial charge in [0.2, 0.25) is 0 Å². The van der Waals surface area contributed by atoms with Gasteiger partial charge in [-0.05, 0) is 36.4 Å². The molecule has 2 nitrogen and oxygen atoms in total. The Bertz CT molecular complexity index is 628. The van der Waals surface area contributed by atoms with Gasteiger partial charge in [-0.1, -0.05) is 94.8 Å². The van der Waals surface area contributed by atoms with Crippen molar-refractivity contribution in [2.24, 2.45) is 5.92 Å². The Kier molecular flexibility index (Phi) is 6.16. The number of benzene rings is 2. The van der Waals surface area contributed by atoms with Crippen molar-refractivity contribution in [1.29, 1.82) is 0 Å². The summed E-state index contributed by atoms with van der Waals surface area (Å²) < 4.78 is 7.00. The van der Waals surface area contributed by atoms with Gasteiger partial charge in [0.05, 0.1) is 0 Å². The molecule has 0 aliphatic carbocycles. The maximum Gasteiger partial charge on any atom is 0.136 e. The van der Waals surface area contributed by atoms with Crippen LogP contribution in [0.25, 0.3) is 0 Å². The Labute approximate surface area is 159 Å². The van der Waals surface area contributed by atoms with E-state index in [2.05, 4.69) is 93.3 Å². The second kappa shape index (κ2) is 8.37. The smallest absolute Gasteiger partial charge is 0.136 e. The largest absolute Gasteiger partial charge is 0.346 e. The second-order valence-corrected chi connectivity index (χ2v) is 7.80. The Balaban J connectivity index is 2.19. The first-order valence-electron chi connectivity index (χ1n) is 10.2. The molecule has 0 bridgehead atoms. The van der Waals surface area contributed by atoms with Gasteiger partial charge >= 0.3 is 0 Å². The number of nitrogens with zero attached hydrogens (tertiary/aromatic N) is 1. The zero-order valence-corrected chi connectivity index (χ0v) is 16.7. The van der Waals surface area contributed by atoms with Crippen molar-refractivity contribution in [2.45, 2.75) is 64.8 Å². The Hall–Kier alpha value is -1.64. The molecule has 1 aliphatic rings. The fourth-order valence-corrected chi connectivity index (χ4v) is 4.50. The third kappa shape index (κ3) is 3.45. The van der Waals surface area contributed by atoms with Crippen molar-refractivity contribution < 1.29 is 4.74 Å². The number of rotatable bonds is 7. The fraction of sp³-hybridized carbons (Fsp3) is 0.500. The highest BCUT2D eigenvalue weighted by atomic mass is 16.5. The predicted octanol–water partition coefficient (Wildman–Crippen LogP) is 5.82. The molecule has 1 aliphatic heterocycles. The molecule has 2 heteroatoms. The molecule has 2 aromatic carbocycles. The molecule has 140 valence electrons. The van der Waals surface area contributed by atoms with Crippen LogP contribution in [0.15, 0.2) is 60.7 Å². The molecule has 2 aromatic rings. The SMILES string of the molecule is CCC[C@H]1OC(c2ccccc2)(c2ccccc2)[C@H](CC(C)C)N1CC. The summed E-state index contributed by atoms with van der Waals surface area (Å²) in [6, 6.07) is 22.0. The van der Waals surface area contributed by atoms with E-state index in [-0.39, 0.29) is 6.23 Å². The normalized spacial score (nSPS) is 22.8. The van der Waals surface area contributed by atoms with Gasteiger partial charge < -0.3 is 4.74 Å². The summed E-state index contributed by atoms with van der Waals surface area (Å²) in [4.78, 5) is 2.60. The first-order valence-corrected chi connectivity index (χ1v) is 10.2. The van der Waals surface area contributed by atoms with Crippen molar-refractivity contribution in [1.82, 2.24) is 4.90 Å². The van der Waals surface area contributed by atoms with Crippen LogP contribution in [0.4, 0.5) is 0 Å². The molecular weight excluding hydrogens is 318 g/mol. The summed E-state index contributed by atoms with van der Waals surface area (Å²) in [5.74, 6) is 0.616. The lowest BCUT2D eigenvalue weighted by Gasteiger charge is -2.38. The average molecular weight is 352 g/mol. The Morgan fingerprint density at radius 3 is 1.88 bits per heavy atom. The second-order valence-electron chi connectivity index (χ2n) is 7.80. The summed E-state index contributed by atoms with van der Waals surface area (Å²) in [5.41, 5.74) is 2.14. The summed E-state index contributed by atoms with van der Waals surface area (Å²) in [7, 11) is 0. The lowest BCUT2D eigenvalue weighted by molar-refractivity contribution is -0.0450. The van der Waals surface area contributed by atoms with Gasteiger partial charge in [0, 0.05) is 6.04 Å². The van der Waals surface area contributed by atoms with Crippen molar-refractivity contribution in [3.63, 3.8) is 0 Å². The zero-order chi connectivity index (χ0) is 18.6. The van der Waals surface area contributed by atoms with Crippen LogP contribution in [-0.4, -0.2) is 23.7 Å². The molecule has 0 spiro atoms. The highest BCUT2D eigenvalue weighted by Crippen LogP contribution is 2.48. The van der Waals surface area contributed by atoms with Crippen LogP contribution in [0.2, 0.25) is 0 Å². The van der Waals surface area contributed by atoms with E-state index < -0.39 is 5.60 Å². The molecule has 1 saturated heterocycles. The van der Waals surface area contributed by atoms with E-state index in [1.165, 1.54) is 11.1 Å². The monoisotopic (exact) mass is 351 g/mol.